The molecule has 0 fully saturated rings. The van der Waals surface area contributed by atoms with Crippen LogP contribution in [0.25, 0.3) is 0 Å². The van der Waals surface area contributed by atoms with Crippen LogP contribution in [-0.2, 0) is 0 Å². The van der Waals surface area contributed by atoms with Crippen molar-refractivity contribution in [3.8, 4) is 0 Å². The van der Waals surface area contributed by atoms with Crippen molar-refractivity contribution >= 4 is 53.4 Å². The fourth-order valence-electron chi connectivity index (χ4n) is 0.816. The van der Waals surface area contributed by atoms with Gasteiger partial charge in [-0.25, -0.2) is 0 Å². The molecule has 11 heavy (non-hydrogen) atoms. The minimum absolute atomic E-state index is 1.33. The molecule has 0 saturated heterocycles. The minimum atomic E-state index is -2.14. The Morgan fingerprint density at radius 3 is 2.00 bits per heavy atom. The van der Waals surface area contributed by atoms with Crippen LogP contribution < -0.4 is 3.61 Å². The van der Waals surface area contributed by atoms with Crippen molar-refractivity contribution in [1.29, 1.82) is 0 Å². The van der Waals surface area contributed by atoms with Crippen LogP contribution in [-0.4, -0.2) is 11.6 Å². The molecular formula is C7H7Br3Te. The number of aryl methyl sites for hydroxylation is 1. The summed E-state index contributed by atoms with van der Waals surface area (Å²) in [5.74, 6) is 0. The predicted molar refractivity (Wildman–Crippen MR) is 63.3 cm³/mol. The third-order valence-corrected chi connectivity index (χ3v) is 11.1. The second-order valence-corrected chi connectivity index (χ2v) is 42.8. The van der Waals surface area contributed by atoms with Gasteiger partial charge >= 0.3 is 90.2 Å². The Morgan fingerprint density at radius 1 is 1.09 bits per heavy atom. The monoisotopic (exact) mass is 458 g/mol. The molecule has 0 aliphatic carbocycles. The van der Waals surface area contributed by atoms with Crippen LogP contribution in [0.2, 0.25) is 0 Å². The van der Waals surface area contributed by atoms with Crippen LogP contribution in [0.15, 0.2) is 24.3 Å². The molecule has 0 heterocycles. The molecule has 0 aliphatic heterocycles. The molecule has 0 unspecified atom stereocenters. The molecule has 4 heteroatoms. The molecule has 0 amide bonds. The summed E-state index contributed by atoms with van der Waals surface area (Å²) in [6, 6.07) is 8.39. The van der Waals surface area contributed by atoms with E-state index < -0.39 is 11.6 Å². The summed E-state index contributed by atoms with van der Waals surface area (Å²) in [6.07, 6.45) is 0. The third-order valence-electron chi connectivity index (χ3n) is 1.34. The first-order valence-corrected chi connectivity index (χ1v) is 19.8. The second kappa shape index (κ2) is 4.11. The van der Waals surface area contributed by atoms with Gasteiger partial charge < -0.3 is 0 Å². The fourth-order valence-corrected chi connectivity index (χ4v) is 10.0. The molecule has 62 valence electrons. The van der Waals surface area contributed by atoms with Gasteiger partial charge in [0.1, 0.15) is 0 Å². The number of hydrogen-bond donors (Lipinski definition) is 0. The van der Waals surface area contributed by atoms with Crippen LogP contribution in [0.1, 0.15) is 5.56 Å². The molecule has 0 saturated carbocycles. The molecular weight excluding hydrogens is 451 g/mol. The average Bonchev–Trinajstić information content (AvgIpc) is 1.86. The van der Waals surface area contributed by atoms with Gasteiger partial charge in [-0.05, 0) is 0 Å². The molecule has 0 aliphatic rings. The van der Waals surface area contributed by atoms with E-state index in [0.29, 0.717) is 0 Å². The van der Waals surface area contributed by atoms with Crippen LogP contribution in [0.5, 0.6) is 0 Å². The molecule has 0 nitrogen and oxygen atoms in total. The Morgan fingerprint density at radius 2 is 1.64 bits per heavy atom. The van der Waals surface area contributed by atoms with E-state index >= 15 is 0 Å². The maximum absolute atomic E-state index is 3.66. The summed E-state index contributed by atoms with van der Waals surface area (Å²) in [4.78, 5) is 0. The van der Waals surface area contributed by atoms with E-state index in [4.69, 9.17) is 0 Å². The Kier molecular flexibility index (Phi) is 3.93. The normalized spacial score (nSPS) is 13.1. The molecule has 1 aromatic rings. The maximum atomic E-state index is 3.66. The van der Waals surface area contributed by atoms with E-state index in [2.05, 4.69) is 69.5 Å². The van der Waals surface area contributed by atoms with E-state index in [1.54, 1.807) is 0 Å². The summed E-state index contributed by atoms with van der Waals surface area (Å²) in [7, 11) is 0. The van der Waals surface area contributed by atoms with Gasteiger partial charge in [-0.3, -0.25) is 0 Å². The first kappa shape index (κ1) is 10.5. The molecule has 1 aromatic carbocycles. The van der Waals surface area contributed by atoms with Crippen molar-refractivity contribution in [3.05, 3.63) is 29.8 Å². The van der Waals surface area contributed by atoms with E-state index in [9.17, 15) is 0 Å². The summed E-state index contributed by atoms with van der Waals surface area (Å²) >= 11 is 8.84. The van der Waals surface area contributed by atoms with E-state index in [0.717, 1.165) is 0 Å². The summed E-state index contributed by atoms with van der Waals surface area (Å²) in [5.41, 5.74) is 1.33. The quantitative estimate of drug-likeness (QED) is 0.567. The van der Waals surface area contributed by atoms with E-state index in [-0.39, 0.29) is 0 Å². The van der Waals surface area contributed by atoms with Crippen LogP contribution in [0, 0.1) is 6.92 Å². The zero-order valence-corrected chi connectivity index (χ0v) is 12.9. The molecule has 0 atom stereocenters. The standard InChI is InChI=1S/C7H7Br3Te/c1-6-4-2-3-5-7(6)11(8,9)10/h2-5H,1H3. The van der Waals surface area contributed by atoms with Crippen molar-refractivity contribution in [2.75, 3.05) is 0 Å². The Hall–Kier alpha value is 1.45. The summed E-state index contributed by atoms with van der Waals surface area (Å²) in [5, 5.41) is 0. The molecule has 0 radical (unpaired) electrons. The number of rotatable bonds is 1. The summed E-state index contributed by atoms with van der Waals surface area (Å²) in [6.45, 7) is 2.12. The van der Waals surface area contributed by atoms with E-state index in [1.165, 1.54) is 9.17 Å². The molecule has 0 N–H and O–H groups in total. The van der Waals surface area contributed by atoms with Crippen LogP contribution in [0.4, 0.5) is 0 Å². The van der Waals surface area contributed by atoms with Crippen LogP contribution >= 0.6 is 38.3 Å². The van der Waals surface area contributed by atoms with E-state index in [1.807, 2.05) is 0 Å². The molecule has 0 aromatic heterocycles. The SMILES string of the molecule is Cc1ccccc1[Te](Br)(Br)Br. The van der Waals surface area contributed by atoms with Crippen LogP contribution in [0.3, 0.4) is 0 Å². The zero-order chi connectivity index (χ0) is 8.48. The van der Waals surface area contributed by atoms with Gasteiger partial charge in [0.2, 0.25) is 0 Å². The van der Waals surface area contributed by atoms with Gasteiger partial charge in [-0.2, -0.15) is 0 Å². The Labute approximate surface area is 88.9 Å². The van der Waals surface area contributed by atoms with Crippen molar-refractivity contribution < 1.29 is 0 Å². The van der Waals surface area contributed by atoms with Gasteiger partial charge in [-0.1, -0.05) is 0 Å². The Bertz CT molecular complexity index is 254. The molecule has 0 bridgehead atoms. The molecule has 1 rings (SSSR count). The third kappa shape index (κ3) is 3.00. The first-order chi connectivity index (χ1) is 5.02. The van der Waals surface area contributed by atoms with Crippen molar-refractivity contribution in [1.82, 2.24) is 0 Å². The number of benzene rings is 1. The van der Waals surface area contributed by atoms with Crippen molar-refractivity contribution in [2.24, 2.45) is 0 Å². The zero-order valence-electron chi connectivity index (χ0n) is 5.85. The number of halogens is 3. The van der Waals surface area contributed by atoms with Gasteiger partial charge in [0, 0.05) is 0 Å². The first-order valence-electron chi connectivity index (χ1n) is 2.99. The Balaban J connectivity index is 3.14. The molecule has 0 spiro atoms. The van der Waals surface area contributed by atoms with Gasteiger partial charge in [-0.15, -0.1) is 0 Å². The van der Waals surface area contributed by atoms with Gasteiger partial charge in [0.15, 0.2) is 0 Å². The average molecular weight is 458 g/mol. The summed E-state index contributed by atoms with van der Waals surface area (Å²) < 4.78 is 1.38. The van der Waals surface area contributed by atoms with Gasteiger partial charge in [0.25, 0.3) is 0 Å². The number of hydrogen-bond acceptors (Lipinski definition) is 0. The van der Waals surface area contributed by atoms with Crippen molar-refractivity contribution in [2.45, 2.75) is 6.92 Å². The topological polar surface area (TPSA) is 0 Å². The fraction of sp³-hybridized carbons (Fsp3) is 0.143. The van der Waals surface area contributed by atoms with Crippen molar-refractivity contribution in [3.63, 3.8) is 0 Å². The predicted octanol–water partition coefficient (Wildman–Crippen LogP) is 3.33. The van der Waals surface area contributed by atoms with Gasteiger partial charge in [0.05, 0.1) is 0 Å². The second-order valence-electron chi connectivity index (χ2n) is 2.17.